The van der Waals surface area contributed by atoms with Crippen LogP contribution < -0.4 is 11.2 Å². The van der Waals surface area contributed by atoms with E-state index in [1.807, 2.05) is 0 Å². The van der Waals surface area contributed by atoms with Gasteiger partial charge in [0.05, 0.1) is 4.47 Å². The summed E-state index contributed by atoms with van der Waals surface area (Å²) in [7, 11) is 0. The summed E-state index contributed by atoms with van der Waals surface area (Å²) in [6.45, 7) is 4.76. The van der Waals surface area contributed by atoms with Crippen molar-refractivity contribution in [2.45, 2.75) is 26.8 Å². The first-order chi connectivity index (χ1) is 6.54. The Morgan fingerprint density at radius 3 is 2.79 bits per heavy atom. The maximum absolute atomic E-state index is 11.3. The van der Waals surface area contributed by atoms with Crippen LogP contribution in [0.2, 0.25) is 0 Å². The van der Waals surface area contributed by atoms with Gasteiger partial charge in [0.2, 0.25) is 0 Å². The van der Waals surface area contributed by atoms with Crippen LogP contribution in [-0.4, -0.2) is 9.55 Å². The van der Waals surface area contributed by atoms with E-state index < -0.39 is 0 Å². The van der Waals surface area contributed by atoms with Crippen LogP contribution in [-0.2, 0) is 6.54 Å². The number of rotatable bonds is 3. The van der Waals surface area contributed by atoms with Crippen molar-refractivity contribution in [3.8, 4) is 0 Å². The summed E-state index contributed by atoms with van der Waals surface area (Å²) in [5, 5.41) is 0. The molecule has 1 unspecified atom stereocenters. The van der Waals surface area contributed by atoms with Gasteiger partial charge in [-0.15, -0.1) is 0 Å². The predicted molar refractivity (Wildman–Crippen MR) is 58.5 cm³/mol. The highest BCUT2D eigenvalue weighted by Gasteiger charge is 2.04. The number of nitrogens with one attached hydrogen (secondary N) is 1. The van der Waals surface area contributed by atoms with Crippen LogP contribution in [0.25, 0.3) is 0 Å². The standard InChI is InChI=1S/C9H13BrN2O2/c1-3-6(2)4-12-5-7(10)8(13)11-9(12)14/h5-6H,3-4H2,1-2H3,(H,11,13,14). The first kappa shape index (κ1) is 11.2. The molecule has 5 heteroatoms. The van der Waals surface area contributed by atoms with Gasteiger partial charge in [-0.3, -0.25) is 14.3 Å². The topological polar surface area (TPSA) is 54.9 Å². The van der Waals surface area contributed by atoms with Crippen molar-refractivity contribution in [3.05, 3.63) is 31.5 Å². The van der Waals surface area contributed by atoms with Gasteiger partial charge in [-0.05, 0) is 21.8 Å². The van der Waals surface area contributed by atoms with Crippen molar-refractivity contribution in [2.24, 2.45) is 5.92 Å². The molecular weight excluding hydrogens is 248 g/mol. The van der Waals surface area contributed by atoms with Gasteiger partial charge in [0.25, 0.3) is 5.56 Å². The molecule has 78 valence electrons. The third-order valence-corrected chi connectivity index (χ3v) is 2.74. The minimum absolute atomic E-state index is 0.349. The van der Waals surface area contributed by atoms with E-state index >= 15 is 0 Å². The predicted octanol–water partition coefficient (Wildman–Crippen LogP) is 1.35. The Morgan fingerprint density at radius 1 is 1.57 bits per heavy atom. The molecule has 1 atom stereocenters. The second-order valence-corrected chi connectivity index (χ2v) is 4.26. The fourth-order valence-corrected chi connectivity index (χ4v) is 1.43. The molecule has 1 aromatic heterocycles. The summed E-state index contributed by atoms with van der Waals surface area (Å²) < 4.78 is 1.90. The molecule has 1 heterocycles. The summed E-state index contributed by atoms with van der Waals surface area (Å²) in [5.74, 6) is 0.422. The van der Waals surface area contributed by atoms with E-state index in [1.165, 1.54) is 10.8 Å². The average molecular weight is 261 g/mol. The summed E-state index contributed by atoms with van der Waals surface area (Å²) >= 11 is 3.09. The van der Waals surface area contributed by atoms with Crippen molar-refractivity contribution in [3.63, 3.8) is 0 Å². The lowest BCUT2D eigenvalue weighted by Gasteiger charge is -2.10. The van der Waals surface area contributed by atoms with E-state index in [4.69, 9.17) is 0 Å². The quantitative estimate of drug-likeness (QED) is 0.892. The van der Waals surface area contributed by atoms with Gasteiger partial charge in [-0.25, -0.2) is 4.79 Å². The van der Waals surface area contributed by atoms with Crippen molar-refractivity contribution in [1.82, 2.24) is 9.55 Å². The molecule has 1 N–H and O–H groups in total. The van der Waals surface area contributed by atoms with Gasteiger partial charge < -0.3 is 0 Å². The number of H-pyrrole nitrogens is 1. The summed E-state index contributed by atoms with van der Waals surface area (Å²) in [4.78, 5) is 24.6. The van der Waals surface area contributed by atoms with Gasteiger partial charge in [-0.2, -0.15) is 0 Å². The number of hydrogen-bond donors (Lipinski definition) is 1. The number of hydrogen-bond acceptors (Lipinski definition) is 2. The Bertz CT molecular complexity index is 422. The van der Waals surface area contributed by atoms with Gasteiger partial charge in [0.15, 0.2) is 0 Å². The number of aromatic nitrogens is 2. The lowest BCUT2D eigenvalue weighted by molar-refractivity contribution is 0.453. The lowest BCUT2D eigenvalue weighted by Crippen LogP contribution is -2.31. The highest BCUT2D eigenvalue weighted by atomic mass is 79.9. The maximum atomic E-state index is 11.3. The maximum Gasteiger partial charge on any atom is 0.328 e. The molecule has 0 radical (unpaired) electrons. The molecule has 0 spiro atoms. The average Bonchev–Trinajstić information content (AvgIpc) is 2.14. The lowest BCUT2D eigenvalue weighted by atomic mass is 10.1. The first-order valence-electron chi connectivity index (χ1n) is 4.53. The number of aromatic amines is 1. The van der Waals surface area contributed by atoms with E-state index in [-0.39, 0.29) is 11.2 Å². The zero-order valence-corrected chi connectivity index (χ0v) is 9.80. The van der Waals surface area contributed by atoms with E-state index in [0.29, 0.717) is 16.9 Å². The highest BCUT2D eigenvalue weighted by molar-refractivity contribution is 9.10. The largest absolute Gasteiger partial charge is 0.328 e. The number of halogens is 1. The van der Waals surface area contributed by atoms with Crippen molar-refractivity contribution >= 4 is 15.9 Å². The highest BCUT2D eigenvalue weighted by Crippen LogP contribution is 2.04. The van der Waals surface area contributed by atoms with Gasteiger partial charge in [0.1, 0.15) is 0 Å². The van der Waals surface area contributed by atoms with Gasteiger partial charge in [0, 0.05) is 12.7 Å². The van der Waals surface area contributed by atoms with Crippen LogP contribution >= 0.6 is 15.9 Å². The van der Waals surface area contributed by atoms with Crippen LogP contribution in [0.4, 0.5) is 0 Å². The molecule has 0 saturated heterocycles. The molecule has 4 nitrogen and oxygen atoms in total. The smallest absolute Gasteiger partial charge is 0.299 e. The van der Waals surface area contributed by atoms with Gasteiger partial charge in [-0.1, -0.05) is 20.3 Å². The molecule has 0 amide bonds. The fourth-order valence-electron chi connectivity index (χ4n) is 1.08. The van der Waals surface area contributed by atoms with Crippen molar-refractivity contribution in [1.29, 1.82) is 0 Å². The molecule has 14 heavy (non-hydrogen) atoms. The summed E-state index contributed by atoms with van der Waals surface area (Å²) in [5.41, 5.74) is -0.728. The number of nitrogens with zero attached hydrogens (tertiary/aromatic N) is 1. The Labute approximate surface area is 90.1 Å². The van der Waals surface area contributed by atoms with Crippen LogP contribution in [0.15, 0.2) is 20.3 Å². The molecule has 1 aromatic rings. The molecule has 0 aliphatic carbocycles. The van der Waals surface area contributed by atoms with E-state index in [0.717, 1.165) is 6.42 Å². The van der Waals surface area contributed by atoms with Crippen LogP contribution in [0.3, 0.4) is 0 Å². The Hall–Kier alpha value is -0.840. The van der Waals surface area contributed by atoms with Crippen LogP contribution in [0.5, 0.6) is 0 Å². The first-order valence-corrected chi connectivity index (χ1v) is 5.33. The molecule has 0 aliphatic rings. The Morgan fingerprint density at radius 2 is 2.21 bits per heavy atom. The second-order valence-electron chi connectivity index (χ2n) is 3.40. The molecule has 0 saturated carbocycles. The molecule has 1 rings (SSSR count). The molecule has 0 aromatic carbocycles. The van der Waals surface area contributed by atoms with E-state index in [2.05, 4.69) is 34.8 Å². The zero-order valence-electron chi connectivity index (χ0n) is 8.21. The molecule has 0 fully saturated rings. The molecular formula is C9H13BrN2O2. The van der Waals surface area contributed by atoms with E-state index in [1.54, 1.807) is 0 Å². The second kappa shape index (κ2) is 4.59. The molecule has 0 aliphatic heterocycles. The van der Waals surface area contributed by atoms with Gasteiger partial charge >= 0.3 is 5.69 Å². The minimum Gasteiger partial charge on any atom is -0.299 e. The summed E-state index contributed by atoms with van der Waals surface area (Å²) in [6.07, 6.45) is 2.54. The Kier molecular flexibility index (Phi) is 3.69. The SMILES string of the molecule is CCC(C)Cn1cc(Br)c(=O)[nH]c1=O. The summed E-state index contributed by atoms with van der Waals surface area (Å²) in [6, 6.07) is 0. The fraction of sp³-hybridized carbons (Fsp3) is 0.556. The Balaban J connectivity index is 3.04. The monoisotopic (exact) mass is 260 g/mol. The normalized spacial score (nSPS) is 12.8. The third-order valence-electron chi connectivity index (χ3n) is 2.17. The van der Waals surface area contributed by atoms with E-state index in [9.17, 15) is 9.59 Å². The molecule has 0 bridgehead atoms. The third kappa shape index (κ3) is 2.57. The minimum atomic E-state index is -0.379. The van der Waals surface area contributed by atoms with Crippen molar-refractivity contribution in [2.75, 3.05) is 0 Å². The van der Waals surface area contributed by atoms with Crippen LogP contribution in [0, 0.1) is 5.92 Å². The van der Waals surface area contributed by atoms with Crippen LogP contribution in [0.1, 0.15) is 20.3 Å². The zero-order chi connectivity index (χ0) is 10.7. The van der Waals surface area contributed by atoms with Crippen molar-refractivity contribution < 1.29 is 0 Å².